The molecule has 4 rings (SSSR count). The summed E-state index contributed by atoms with van der Waals surface area (Å²) in [6.45, 7) is 5.74. The van der Waals surface area contributed by atoms with Crippen molar-refractivity contribution in [3.63, 3.8) is 0 Å². The van der Waals surface area contributed by atoms with Crippen molar-refractivity contribution in [3.05, 3.63) is 48.0 Å². The molecular weight excluding hydrogens is 300 g/mol. The summed E-state index contributed by atoms with van der Waals surface area (Å²) in [4.78, 5) is 16.5. The van der Waals surface area contributed by atoms with Gasteiger partial charge in [-0.15, -0.1) is 0 Å². The van der Waals surface area contributed by atoms with E-state index in [-0.39, 0.29) is 5.91 Å². The van der Waals surface area contributed by atoms with E-state index in [4.69, 9.17) is 4.74 Å². The molecule has 0 radical (unpaired) electrons. The Morgan fingerprint density at radius 2 is 1.92 bits per heavy atom. The van der Waals surface area contributed by atoms with Gasteiger partial charge < -0.3 is 14.5 Å². The predicted octanol–water partition coefficient (Wildman–Crippen LogP) is 1.36. The van der Waals surface area contributed by atoms with Gasteiger partial charge in [0.2, 0.25) is 0 Å². The predicted molar refractivity (Wildman–Crippen MR) is 94.4 cm³/mol. The van der Waals surface area contributed by atoms with Crippen LogP contribution in [0.2, 0.25) is 0 Å². The highest BCUT2D eigenvalue weighted by atomic mass is 16.5. The second-order valence-corrected chi connectivity index (χ2v) is 6.91. The van der Waals surface area contributed by atoms with E-state index < -0.39 is 0 Å². The van der Waals surface area contributed by atoms with Crippen LogP contribution < -0.4 is 4.90 Å². The average molecular weight is 325 g/mol. The maximum absolute atomic E-state index is 13.0. The quantitative estimate of drug-likeness (QED) is 0.925. The average Bonchev–Trinajstić information content (AvgIpc) is 3.14. The number of benzene rings is 2. The fourth-order valence-corrected chi connectivity index (χ4v) is 3.94. The number of carbonyl (C=O) groups is 1. The van der Waals surface area contributed by atoms with Crippen LogP contribution >= 0.6 is 0 Å². The number of piperazine rings is 1. The van der Waals surface area contributed by atoms with Crippen LogP contribution in [0.5, 0.6) is 0 Å². The molecule has 24 heavy (non-hydrogen) atoms. The molecule has 4 nitrogen and oxygen atoms in total. The van der Waals surface area contributed by atoms with Gasteiger partial charge in [-0.2, -0.15) is 0 Å². The Morgan fingerprint density at radius 3 is 2.71 bits per heavy atom. The molecule has 0 saturated carbocycles. The van der Waals surface area contributed by atoms with Crippen LogP contribution in [0, 0.1) is 0 Å². The van der Waals surface area contributed by atoms with E-state index in [9.17, 15) is 4.79 Å². The number of ether oxygens (including phenoxy) is 1. The van der Waals surface area contributed by atoms with Crippen LogP contribution in [0.4, 0.5) is 0 Å². The standard InChI is InChI=1S/C20H24N2O2/c23-20(19-9-3-6-16-5-1-2-8-18(16)19)22-12-10-21(11-13-22)15-17-7-4-14-24-17/h1-3,5-6,8-9,17H,4,7,10-15H2/p+1/t17-/m0/s1. The van der Waals surface area contributed by atoms with E-state index in [0.29, 0.717) is 6.10 Å². The lowest BCUT2D eigenvalue weighted by atomic mass is 10.0. The highest BCUT2D eigenvalue weighted by Crippen LogP contribution is 2.20. The highest BCUT2D eigenvalue weighted by Gasteiger charge is 2.28. The van der Waals surface area contributed by atoms with Gasteiger partial charge in [0.05, 0.1) is 26.2 Å². The monoisotopic (exact) mass is 325 g/mol. The van der Waals surface area contributed by atoms with E-state index in [0.717, 1.165) is 55.7 Å². The highest BCUT2D eigenvalue weighted by molar-refractivity contribution is 6.07. The second-order valence-electron chi connectivity index (χ2n) is 6.91. The van der Waals surface area contributed by atoms with Crippen LogP contribution in [0.1, 0.15) is 23.2 Å². The molecule has 0 aliphatic carbocycles. The molecule has 126 valence electrons. The smallest absolute Gasteiger partial charge is 0.254 e. The largest absolute Gasteiger partial charge is 0.372 e. The molecule has 2 fully saturated rings. The summed E-state index contributed by atoms with van der Waals surface area (Å²) < 4.78 is 5.75. The van der Waals surface area contributed by atoms with Crippen molar-refractivity contribution >= 4 is 16.7 Å². The molecule has 2 aromatic rings. The zero-order chi connectivity index (χ0) is 16.4. The van der Waals surface area contributed by atoms with Crippen LogP contribution in [-0.2, 0) is 4.74 Å². The van der Waals surface area contributed by atoms with Gasteiger partial charge in [0.25, 0.3) is 5.91 Å². The maximum Gasteiger partial charge on any atom is 0.254 e. The number of rotatable bonds is 3. The number of carbonyl (C=O) groups excluding carboxylic acids is 1. The topological polar surface area (TPSA) is 34.0 Å². The van der Waals surface area contributed by atoms with Crippen molar-refractivity contribution in [2.75, 3.05) is 39.3 Å². The van der Waals surface area contributed by atoms with Crippen LogP contribution in [0.3, 0.4) is 0 Å². The van der Waals surface area contributed by atoms with Crippen molar-refractivity contribution < 1.29 is 14.4 Å². The third-order valence-electron chi connectivity index (χ3n) is 5.32. The summed E-state index contributed by atoms with van der Waals surface area (Å²) in [5.41, 5.74) is 0.829. The first-order valence-corrected chi connectivity index (χ1v) is 9.03. The lowest BCUT2D eigenvalue weighted by molar-refractivity contribution is -0.906. The lowest BCUT2D eigenvalue weighted by Crippen LogP contribution is -3.15. The Bertz CT molecular complexity index is 711. The van der Waals surface area contributed by atoms with Crippen molar-refractivity contribution in [3.8, 4) is 0 Å². The minimum atomic E-state index is 0.169. The second kappa shape index (κ2) is 6.91. The van der Waals surface area contributed by atoms with Crippen molar-refractivity contribution in [2.24, 2.45) is 0 Å². The number of hydrogen-bond acceptors (Lipinski definition) is 2. The summed E-state index contributed by atoms with van der Waals surface area (Å²) in [6, 6.07) is 14.1. The summed E-state index contributed by atoms with van der Waals surface area (Å²) in [6.07, 6.45) is 2.83. The normalized spacial score (nSPS) is 22.2. The third-order valence-corrected chi connectivity index (χ3v) is 5.32. The minimum absolute atomic E-state index is 0.169. The Balaban J connectivity index is 1.42. The summed E-state index contributed by atoms with van der Waals surface area (Å²) in [5, 5.41) is 2.19. The molecule has 2 aliphatic rings. The first kappa shape index (κ1) is 15.6. The number of nitrogens with one attached hydrogen (secondary N) is 1. The number of amides is 1. The summed E-state index contributed by atoms with van der Waals surface area (Å²) in [5.74, 6) is 0.169. The lowest BCUT2D eigenvalue weighted by Gasteiger charge is -2.33. The van der Waals surface area contributed by atoms with E-state index in [2.05, 4.69) is 12.1 Å². The van der Waals surface area contributed by atoms with E-state index >= 15 is 0 Å². The van der Waals surface area contributed by atoms with Gasteiger partial charge in [0, 0.05) is 12.2 Å². The molecule has 1 N–H and O–H groups in total. The molecular formula is C20H25N2O2+. The van der Waals surface area contributed by atoms with Crippen LogP contribution in [0.25, 0.3) is 10.8 Å². The third kappa shape index (κ3) is 3.17. The van der Waals surface area contributed by atoms with Gasteiger partial charge in [-0.1, -0.05) is 36.4 Å². The Labute approximate surface area is 143 Å². The van der Waals surface area contributed by atoms with Gasteiger partial charge in [-0.25, -0.2) is 0 Å². The Kier molecular flexibility index (Phi) is 4.50. The molecule has 2 aliphatic heterocycles. The number of fused-ring (bicyclic) bond motifs is 1. The number of quaternary nitrogens is 1. The zero-order valence-electron chi connectivity index (χ0n) is 14.0. The molecule has 2 aromatic carbocycles. The molecule has 2 heterocycles. The first-order valence-electron chi connectivity index (χ1n) is 9.03. The van der Waals surface area contributed by atoms with E-state index in [1.54, 1.807) is 4.90 Å². The van der Waals surface area contributed by atoms with Crippen LogP contribution in [0.15, 0.2) is 42.5 Å². The maximum atomic E-state index is 13.0. The van der Waals surface area contributed by atoms with Crippen LogP contribution in [-0.4, -0.2) is 56.2 Å². The molecule has 0 unspecified atom stereocenters. The fourth-order valence-electron chi connectivity index (χ4n) is 3.94. The molecule has 1 atom stereocenters. The first-order chi connectivity index (χ1) is 11.8. The van der Waals surface area contributed by atoms with Gasteiger partial charge in [-0.05, 0) is 29.7 Å². The van der Waals surface area contributed by atoms with Crippen molar-refractivity contribution in [2.45, 2.75) is 18.9 Å². The van der Waals surface area contributed by atoms with Gasteiger partial charge >= 0.3 is 0 Å². The molecule has 0 spiro atoms. The minimum Gasteiger partial charge on any atom is -0.372 e. The SMILES string of the molecule is O=C(c1cccc2ccccc12)N1CC[NH+](C[C@@H]2CCCO2)CC1. The van der Waals surface area contributed by atoms with Gasteiger partial charge in [-0.3, -0.25) is 4.79 Å². The molecule has 0 bridgehead atoms. The molecule has 1 amide bonds. The molecule has 2 saturated heterocycles. The Morgan fingerprint density at radius 1 is 1.12 bits per heavy atom. The number of nitrogens with zero attached hydrogens (tertiary/aromatic N) is 1. The van der Waals surface area contributed by atoms with Gasteiger partial charge in [0.1, 0.15) is 12.6 Å². The molecule has 0 aromatic heterocycles. The number of hydrogen-bond donors (Lipinski definition) is 1. The summed E-state index contributed by atoms with van der Waals surface area (Å²) in [7, 11) is 0. The van der Waals surface area contributed by atoms with E-state index in [1.807, 2.05) is 35.2 Å². The van der Waals surface area contributed by atoms with E-state index in [1.165, 1.54) is 12.8 Å². The molecule has 4 heteroatoms. The van der Waals surface area contributed by atoms with Crippen molar-refractivity contribution in [1.82, 2.24) is 4.90 Å². The Hall–Kier alpha value is -1.91. The van der Waals surface area contributed by atoms with Crippen molar-refractivity contribution in [1.29, 1.82) is 0 Å². The summed E-state index contributed by atoms with van der Waals surface area (Å²) >= 11 is 0. The van der Waals surface area contributed by atoms with Gasteiger partial charge in [0.15, 0.2) is 0 Å². The fraction of sp³-hybridized carbons (Fsp3) is 0.450. The zero-order valence-corrected chi connectivity index (χ0v) is 14.0.